The van der Waals surface area contributed by atoms with Gasteiger partial charge in [-0.1, -0.05) is 6.08 Å². The number of nitrogen functional groups attached to an aromatic ring is 1. The monoisotopic (exact) mass is 244 g/mol. The second-order valence-electron chi connectivity index (χ2n) is 3.94. The molecular formula is C12H12N4S. The van der Waals surface area contributed by atoms with Gasteiger partial charge in [0.1, 0.15) is 11.5 Å². The molecule has 1 aromatic heterocycles. The Morgan fingerprint density at radius 2 is 2.29 bits per heavy atom. The highest BCUT2D eigenvalue weighted by Gasteiger charge is 2.23. The molecule has 0 bridgehead atoms. The number of allylic oxidation sites excluding steroid dienone is 2. The van der Waals surface area contributed by atoms with Crippen molar-refractivity contribution >= 4 is 28.0 Å². The molecule has 5 heteroatoms. The summed E-state index contributed by atoms with van der Waals surface area (Å²) in [4.78, 5) is 10.9. The van der Waals surface area contributed by atoms with E-state index in [1.54, 1.807) is 0 Å². The van der Waals surface area contributed by atoms with Gasteiger partial charge < -0.3 is 5.73 Å². The predicted molar refractivity (Wildman–Crippen MR) is 71.5 cm³/mol. The van der Waals surface area contributed by atoms with Crippen LogP contribution in [0.25, 0.3) is 5.70 Å². The van der Waals surface area contributed by atoms with Crippen molar-refractivity contribution in [2.45, 2.75) is 6.92 Å². The van der Waals surface area contributed by atoms with Gasteiger partial charge in [0.05, 0.1) is 12.2 Å². The van der Waals surface area contributed by atoms with Crippen molar-refractivity contribution in [1.82, 2.24) is 9.88 Å². The second-order valence-corrected chi connectivity index (χ2v) is 4.83. The summed E-state index contributed by atoms with van der Waals surface area (Å²) >= 11 is 1.46. The summed E-state index contributed by atoms with van der Waals surface area (Å²) in [6.07, 6.45) is 7.99. The molecule has 86 valence electrons. The van der Waals surface area contributed by atoms with Gasteiger partial charge in [0.15, 0.2) is 5.13 Å². The van der Waals surface area contributed by atoms with Crippen LogP contribution in [0.15, 0.2) is 40.4 Å². The van der Waals surface area contributed by atoms with Crippen LogP contribution >= 0.6 is 11.3 Å². The van der Waals surface area contributed by atoms with Crippen LogP contribution in [-0.2, 0) is 0 Å². The van der Waals surface area contributed by atoms with Crippen molar-refractivity contribution in [3.8, 4) is 0 Å². The lowest BCUT2D eigenvalue weighted by molar-refractivity contribution is 0.746. The summed E-state index contributed by atoms with van der Waals surface area (Å²) in [5, 5.41) is 2.59. The first-order valence-electron chi connectivity index (χ1n) is 5.35. The van der Waals surface area contributed by atoms with Gasteiger partial charge in [-0.05, 0) is 24.6 Å². The van der Waals surface area contributed by atoms with Crippen LogP contribution in [0, 0.1) is 0 Å². The van der Waals surface area contributed by atoms with Gasteiger partial charge >= 0.3 is 0 Å². The molecule has 0 aromatic carbocycles. The fraction of sp³-hybridized carbons (Fsp3) is 0.167. The molecule has 0 unspecified atom stereocenters. The largest absolute Gasteiger partial charge is 0.375 e. The smallest absolute Gasteiger partial charge is 0.180 e. The van der Waals surface area contributed by atoms with Crippen LogP contribution in [0.5, 0.6) is 0 Å². The van der Waals surface area contributed by atoms with Crippen molar-refractivity contribution in [3.05, 3.63) is 41.1 Å². The van der Waals surface area contributed by atoms with Gasteiger partial charge in [-0.3, -0.25) is 9.89 Å². The average molecular weight is 244 g/mol. The first-order chi connectivity index (χ1) is 8.25. The molecule has 0 spiro atoms. The summed E-state index contributed by atoms with van der Waals surface area (Å²) < 4.78 is 0. The lowest BCUT2D eigenvalue weighted by Gasteiger charge is -2.29. The van der Waals surface area contributed by atoms with Gasteiger partial charge in [-0.15, -0.1) is 11.3 Å². The zero-order chi connectivity index (χ0) is 11.8. The Morgan fingerprint density at radius 3 is 3.06 bits per heavy atom. The first kappa shape index (κ1) is 10.3. The number of nitrogens with two attached hydrogens (primary N) is 1. The van der Waals surface area contributed by atoms with Gasteiger partial charge in [-0.2, -0.15) is 0 Å². The average Bonchev–Trinajstić information content (AvgIpc) is 2.75. The van der Waals surface area contributed by atoms with Crippen LogP contribution < -0.4 is 5.73 Å². The van der Waals surface area contributed by atoms with E-state index >= 15 is 0 Å². The van der Waals surface area contributed by atoms with Crippen LogP contribution in [0.2, 0.25) is 0 Å². The van der Waals surface area contributed by atoms with Crippen LogP contribution in [-0.4, -0.2) is 22.3 Å². The zero-order valence-electron chi connectivity index (χ0n) is 9.42. The van der Waals surface area contributed by atoms with E-state index in [-0.39, 0.29) is 0 Å². The van der Waals surface area contributed by atoms with Crippen LogP contribution in [0.3, 0.4) is 0 Å². The maximum absolute atomic E-state index is 5.70. The van der Waals surface area contributed by atoms with E-state index in [0.29, 0.717) is 5.13 Å². The van der Waals surface area contributed by atoms with Crippen molar-refractivity contribution in [2.75, 3.05) is 12.3 Å². The number of rotatable bonds is 1. The van der Waals surface area contributed by atoms with E-state index in [0.717, 1.165) is 23.8 Å². The Bertz CT molecular complexity index is 577. The summed E-state index contributed by atoms with van der Waals surface area (Å²) in [5.74, 6) is 0.958. The standard InChI is InChI=1S/C12H12N4S/c1-8-6-14-10-4-2-3-5-16(10)11(8)9-7-17-12(13)15-9/h2-5,7H,6H2,1H3,(H2,13,15). The van der Waals surface area contributed by atoms with Crippen molar-refractivity contribution in [3.63, 3.8) is 0 Å². The second kappa shape index (κ2) is 3.85. The number of aromatic nitrogens is 1. The topological polar surface area (TPSA) is 54.5 Å². The van der Waals surface area contributed by atoms with E-state index in [2.05, 4.69) is 21.8 Å². The molecule has 0 amide bonds. The minimum Gasteiger partial charge on any atom is -0.375 e. The van der Waals surface area contributed by atoms with E-state index in [9.17, 15) is 0 Å². The quantitative estimate of drug-likeness (QED) is 0.824. The number of hydrogen-bond acceptors (Lipinski definition) is 5. The fourth-order valence-electron chi connectivity index (χ4n) is 1.97. The number of nitrogens with zero attached hydrogens (tertiary/aromatic N) is 3. The highest BCUT2D eigenvalue weighted by atomic mass is 32.1. The van der Waals surface area contributed by atoms with Crippen molar-refractivity contribution in [1.29, 1.82) is 0 Å². The normalized spacial score (nSPS) is 18.4. The van der Waals surface area contributed by atoms with Gasteiger partial charge in [0, 0.05) is 11.6 Å². The summed E-state index contributed by atoms with van der Waals surface area (Å²) in [5.41, 5.74) is 8.94. The molecule has 0 aliphatic carbocycles. The highest BCUT2D eigenvalue weighted by molar-refractivity contribution is 7.13. The molecule has 4 nitrogen and oxygen atoms in total. The Labute approximate surface area is 103 Å². The molecule has 0 saturated carbocycles. The molecular weight excluding hydrogens is 232 g/mol. The third-order valence-electron chi connectivity index (χ3n) is 2.73. The summed E-state index contributed by atoms with van der Waals surface area (Å²) in [7, 11) is 0. The number of anilines is 1. The Morgan fingerprint density at radius 1 is 1.41 bits per heavy atom. The molecule has 2 aliphatic rings. The molecule has 0 fully saturated rings. The highest BCUT2D eigenvalue weighted by Crippen LogP contribution is 2.30. The molecule has 0 radical (unpaired) electrons. The molecule has 0 atom stereocenters. The molecule has 17 heavy (non-hydrogen) atoms. The lowest BCUT2D eigenvalue weighted by Crippen LogP contribution is -2.29. The third kappa shape index (κ3) is 1.68. The number of fused-ring (bicyclic) bond motifs is 1. The number of aliphatic imine (C=N–C) groups is 1. The number of thiazole rings is 1. The predicted octanol–water partition coefficient (Wildman–Crippen LogP) is 2.25. The minimum atomic E-state index is 0.598. The molecule has 1 aromatic rings. The maximum atomic E-state index is 5.70. The minimum absolute atomic E-state index is 0.598. The van der Waals surface area contributed by atoms with Gasteiger partial charge in [0.2, 0.25) is 0 Å². The van der Waals surface area contributed by atoms with Crippen molar-refractivity contribution in [2.24, 2.45) is 4.99 Å². The van der Waals surface area contributed by atoms with Crippen LogP contribution in [0.1, 0.15) is 12.6 Å². The summed E-state index contributed by atoms with van der Waals surface area (Å²) in [6, 6.07) is 0. The molecule has 2 aliphatic heterocycles. The zero-order valence-corrected chi connectivity index (χ0v) is 10.2. The van der Waals surface area contributed by atoms with E-state index < -0.39 is 0 Å². The summed E-state index contributed by atoms with van der Waals surface area (Å²) in [6.45, 7) is 2.80. The number of amidine groups is 1. The maximum Gasteiger partial charge on any atom is 0.180 e. The molecule has 0 saturated heterocycles. The number of hydrogen-bond donors (Lipinski definition) is 1. The Balaban J connectivity index is 2.08. The SMILES string of the molecule is CC1=C(c2csc(N)n2)N2C=CC=CC2=NC1. The molecule has 3 rings (SSSR count). The Kier molecular flexibility index (Phi) is 2.33. The first-order valence-corrected chi connectivity index (χ1v) is 6.23. The van der Waals surface area contributed by atoms with E-state index in [1.165, 1.54) is 16.9 Å². The molecule has 2 N–H and O–H groups in total. The van der Waals surface area contributed by atoms with Gasteiger partial charge in [0.25, 0.3) is 0 Å². The third-order valence-corrected chi connectivity index (χ3v) is 3.40. The van der Waals surface area contributed by atoms with Crippen molar-refractivity contribution < 1.29 is 0 Å². The fourth-order valence-corrected chi connectivity index (χ4v) is 2.52. The lowest BCUT2D eigenvalue weighted by atomic mass is 10.1. The Hall–Kier alpha value is -1.88. The van der Waals surface area contributed by atoms with Gasteiger partial charge in [-0.25, -0.2) is 4.98 Å². The van der Waals surface area contributed by atoms with E-state index in [1.807, 2.05) is 29.8 Å². The van der Waals surface area contributed by atoms with E-state index in [4.69, 9.17) is 5.73 Å². The van der Waals surface area contributed by atoms with Crippen LogP contribution in [0.4, 0.5) is 5.13 Å². The molecule has 3 heterocycles.